The summed E-state index contributed by atoms with van der Waals surface area (Å²) in [6.45, 7) is 0. The molecule has 1 aromatic heterocycles. The van der Waals surface area contributed by atoms with Crippen molar-refractivity contribution in [2.24, 2.45) is 7.05 Å². The number of aryl methyl sites for hydroxylation is 1. The molecule has 0 saturated carbocycles. The molecule has 6 bridgehead atoms. The number of fused-ring (bicyclic) bond motifs is 1. The number of nitrogens with zero attached hydrogens (tertiary/aromatic N) is 2. The molecule has 2 aliphatic rings. The monoisotopic (exact) mass is 769 g/mol. The van der Waals surface area contributed by atoms with Gasteiger partial charge in [-0.1, -0.05) is 0 Å². The molecule has 0 saturated heterocycles. The number of hydrogen-bond acceptors (Lipinski definition) is 10. The Morgan fingerprint density at radius 2 is 1.44 bits per heavy atom. The van der Waals surface area contributed by atoms with Crippen molar-refractivity contribution in [2.45, 2.75) is 26.0 Å². The van der Waals surface area contributed by atoms with E-state index in [2.05, 4.69) is 10.6 Å². The lowest BCUT2D eigenvalue weighted by atomic mass is 9.88. The second-order valence-corrected chi connectivity index (χ2v) is 17.5. The number of nitrogens with one attached hydrogen (secondary N) is 2. The van der Waals surface area contributed by atoms with Crippen LogP contribution in [0.3, 0.4) is 0 Å². The molecule has 6 N–H and O–H groups in total. The van der Waals surface area contributed by atoms with Crippen molar-refractivity contribution < 1.29 is 61.5 Å². The summed E-state index contributed by atoms with van der Waals surface area (Å²) in [4.78, 5) is 22.5. The molecular weight excluding hydrogens is 745 g/mol. The first-order chi connectivity index (χ1) is 22.9. The Balaban J connectivity index is 1.95. The molecule has 2 atom stereocenters. The van der Waals surface area contributed by atoms with Gasteiger partial charge in [-0.3, -0.25) is 18.2 Å². The molecule has 6 rings (SSSR count). The molecule has 0 spiro atoms. The minimum Gasteiger partial charge on any atom is -0.343 e. The number of benzene rings is 3. The van der Waals surface area contributed by atoms with Crippen molar-refractivity contribution in [2.75, 3.05) is 17.7 Å². The zero-order valence-electron chi connectivity index (χ0n) is 25.5. The number of aromatic nitrogens is 1. The van der Waals surface area contributed by atoms with Crippen molar-refractivity contribution >= 4 is 86.3 Å². The summed E-state index contributed by atoms with van der Waals surface area (Å²) in [7, 11) is -19.1. The summed E-state index contributed by atoms with van der Waals surface area (Å²) in [5.41, 5.74) is -2.48. The fraction of sp³-hybridized carbons (Fsp3) is 0.143. The first kappa shape index (κ1) is 35.3. The number of quaternary nitrogens is 1. The normalized spacial score (nSPS) is 20.9. The Bertz CT molecular complexity index is 2700. The lowest BCUT2D eigenvalue weighted by Gasteiger charge is -2.46. The van der Waals surface area contributed by atoms with Crippen LogP contribution in [0.5, 0.6) is 0 Å². The van der Waals surface area contributed by atoms with Crippen LogP contribution >= 0.6 is 0 Å². The third-order valence-electron chi connectivity index (χ3n) is 8.89. The molecule has 0 fully saturated rings. The van der Waals surface area contributed by atoms with Gasteiger partial charge in [-0.25, -0.2) is 14.1 Å². The summed E-state index contributed by atoms with van der Waals surface area (Å²) in [5, 5.41) is 3.51. The largest absolute Gasteiger partial charge is 0.368 e. The third-order valence-corrected chi connectivity index (χ3v) is 13.1. The van der Waals surface area contributed by atoms with Crippen molar-refractivity contribution in [3.05, 3.63) is 77.6 Å². The fourth-order valence-corrected chi connectivity index (χ4v) is 9.66. The van der Waals surface area contributed by atoms with Gasteiger partial charge in [0.25, 0.3) is 35.2 Å². The summed E-state index contributed by atoms with van der Waals surface area (Å²) >= 11 is 0. The second kappa shape index (κ2) is 11.0. The van der Waals surface area contributed by atoms with Gasteiger partial charge in [0, 0.05) is 35.9 Å². The van der Waals surface area contributed by atoms with E-state index < -0.39 is 99.3 Å². The zero-order chi connectivity index (χ0) is 37.0. The predicted molar refractivity (Wildman–Crippen MR) is 177 cm³/mol. The molecule has 2 unspecified atom stereocenters. The smallest absolute Gasteiger partial charge is 0.343 e. The molecule has 3 amide bonds. The molecule has 264 valence electrons. The maximum absolute atomic E-state index is 15.0. The van der Waals surface area contributed by atoms with Crippen LogP contribution in [-0.4, -0.2) is 80.3 Å². The van der Waals surface area contributed by atoms with Gasteiger partial charge >= 0.3 is 22.1 Å². The van der Waals surface area contributed by atoms with Crippen LogP contribution in [0.15, 0.2) is 75.5 Å². The molecule has 1 aliphatic carbocycles. The number of likely N-dealkylation sites (N-methyl/N-ethyl adjacent to an activating group) is 1. The average Bonchev–Trinajstić information content (AvgIpc) is 3.42. The highest BCUT2D eigenvalue weighted by Crippen LogP contribution is 2.51. The minimum atomic E-state index is -5.74. The van der Waals surface area contributed by atoms with E-state index in [9.17, 15) is 56.7 Å². The summed E-state index contributed by atoms with van der Waals surface area (Å²) in [5.74, 6) is -1.23. The molecule has 22 heteroatoms. The van der Waals surface area contributed by atoms with E-state index in [1.165, 1.54) is 29.9 Å². The Hall–Kier alpha value is -4.52. The molecule has 4 aromatic rings. The Labute approximate surface area is 284 Å². The number of anilines is 2. The average molecular weight is 770 g/mol. The van der Waals surface area contributed by atoms with E-state index in [4.69, 9.17) is 0 Å². The van der Waals surface area contributed by atoms with Gasteiger partial charge < -0.3 is 15.2 Å². The highest BCUT2D eigenvalue weighted by atomic mass is 32.2. The maximum Gasteiger partial charge on any atom is 0.368 e. The van der Waals surface area contributed by atoms with Gasteiger partial charge in [0.05, 0.1) is 24.5 Å². The van der Waals surface area contributed by atoms with Crippen LogP contribution in [0.1, 0.15) is 21.6 Å². The molecule has 0 radical (unpaired) electrons. The standard InChI is InChI=1S/C28H24N4O14S4/c1-31-11-3-4-21(31)26(33)32(2)22-13-15(47(35,36)37)12-17-19(6-8-24(25(17)22)49(41,42)43)29-27(34)30-20-5-7-23(48(38,39)40)16-9-10-28(32,14-18(16)20)50(44,45)46/h3-13H,14H2,1-2H3,(H5-,29,30,34,35,36,37,38,39,40,41,42,43,44,45,46)/p+1. The van der Waals surface area contributed by atoms with E-state index >= 15 is 4.79 Å². The molecule has 3 aromatic carbocycles. The number of amides is 3. The topological polar surface area (TPSA) is 281 Å². The second-order valence-electron chi connectivity index (χ2n) is 11.6. The quantitative estimate of drug-likeness (QED) is 0.126. The molecular formula is C28H25N4O14S4+. The highest BCUT2D eigenvalue weighted by molar-refractivity contribution is 7.87. The fourth-order valence-electron chi connectivity index (χ4n) is 6.50. The number of carbonyl (C=O) groups is 2. The van der Waals surface area contributed by atoms with Gasteiger partial charge in [0.2, 0.25) is 0 Å². The zero-order valence-corrected chi connectivity index (χ0v) is 28.7. The number of rotatable bonds is 5. The third kappa shape index (κ3) is 5.23. The van der Waals surface area contributed by atoms with E-state index in [1.807, 2.05) is 0 Å². The van der Waals surface area contributed by atoms with Crippen LogP contribution in [0, 0.1) is 0 Å². The minimum absolute atomic E-state index is 0.256. The van der Waals surface area contributed by atoms with Crippen LogP contribution in [-0.2, 0) is 53.9 Å². The van der Waals surface area contributed by atoms with Crippen molar-refractivity contribution in [1.82, 2.24) is 9.05 Å². The molecule has 2 heterocycles. The van der Waals surface area contributed by atoms with Crippen LogP contribution in [0.4, 0.5) is 21.9 Å². The van der Waals surface area contributed by atoms with Gasteiger partial charge in [0.1, 0.15) is 20.4 Å². The van der Waals surface area contributed by atoms with E-state index in [-0.39, 0.29) is 28.2 Å². The van der Waals surface area contributed by atoms with E-state index in [0.717, 1.165) is 37.4 Å². The van der Waals surface area contributed by atoms with Crippen molar-refractivity contribution in [1.29, 1.82) is 0 Å². The Kier molecular flexibility index (Phi) is 7.76. The van der Waals surface area contributed by atoms with Gasteiger partial charge in [0.15, 0.2) is 5.69 Å². The summed E-state index contributed by atoms with van der Waals surface area (Å²) < 4.78 is 145. The number of urea groups is 1. The van der Waals surface area contributed by atoms with E-state index in [0.29, 0.717) is 18.2 Å². The van der Waals surface area contributed by atoms with Crippen LogP contribution in [0.2, 0.25) is 0 Å². The summed E-state index contributed by atoms with van der Waals surface area (Å²) in [6, 6.07) is 6.41. The Morgan fingerprint density at radius 1 is 0.840 bits per heavy atom. The predicted octanol–water partition coefficient (Wildman–Crippen LogP) is 2.51. The first-order valence-electron chi connectivity index (χ1n) is 13.9. The number of carbonyl (C=O) groups excluding carboxylic acids is 2. The molecule has 1 aliphatic heterocycles. The van der Waals surface area contributed by atoms with Gasteiger partial charge in [-0.2, -0.15) is 33.7 Å². The van der Waals surface area contributed by atoms with E-state index in [1.54, 1.807) is 0 Å². The molecule has 18 nitrogen and oxygen atoms in total. The van der Waals surface area contributed by atoms with Gasteiger partial charge in [-0.15, -0.1) is 0 Å². The lowest BCUT2D eigenvalue weighted by Crippen LogP contribution is -2.70. The Morgan fingerprint density at radius 3 is 2.00 bits per heavy atom. The van der Waals surface area contributed by atoms with Gasteiger partial charge in [-0.05, 0) is 60.2 Å². The SMILES string of the molecule is Cn1cccc1C(=O)[N+]1(C)c2cc(S(=O)(=O)O)cc3c(ccc(S(=O)(=O)O)c23)NC(=O)Nc2ccc(S(=O)(=O)O)c3c2CC1(S(=O)(=O)O)C=C3. The molecule has 50 heavy (non-hydrogen) atoms. The summed E-state index contributed by atoms with van der Waals surface area (Å²) in [6.07, 6.45) is 1.83. The maximum atomic E-state index is 15.0. The highest BCUT2D eigenvalue weighted by Gasteiger charge is 2.64. The first-order valence-corrected chi connectivity index (χ1v) is 19.6. The van der Waals surface area contributed by atoms with Crippen LogP contribution < -0.4 is 15.1 Å². The van der Waals surface area contributed by atoms with Crippen molar-refractivity contribution in [3.63, 3.8) is 0 Å². The lowest BCUT2D eigenvalue weighted by molar-refractivity contribution is 0.0718. The van der Waals surface area contributed by atoms with Crippen molar-refractivity contribution in [3.8, 4) is 0 Å². The van der Waals surface area contributed by atoms with Crippen LogP contribution in [0.25, 0.3) is 16.8 Å². The number of hydrogen-bond donors (Lipinski definition) is 6.